The smallest absolute Gasteiger partial charge is 0.266 e. The molecule has 0 unspecified atom stereocenters. The van der Waals surface area contributed by atoms with Crippen LogP contribution in [-0.4, -0.2) is 21.2 Å². The summed E-state index contributed by atoms with van der Waals surface area (Å²) < 4.78 is 0.685. The first-order valence-electron chi connectivity index (χ1n) is 7.18. The highest BCUT2D eigenvalue weighted by Crippen LogP contribution is 2.37. The average Bonchev–Trinajstić information content (AvgIpc) is 2.77. The molecule has 110 valence electrons. The second kappa shape index (κ2) is 6.51. The van der Waals surface area contributed by atoms with Crippen molar-refractivity contribution in [3.63, 3.8) is 0 Å². The van der Waals surface area contributed by atoms with Crippen LogP contribution in [0, 0.1) is 0 Å². The van der Waals surface area contributed by atoms with Crippen molar-refractivity contribution in [2.24, 2.45) is 0 Å². The van der Waals surface area contributed by atoms with E-state index in [2.05, 4.69) is 0 Å². The zero-order valence-electron chi connectivity index (χ0n) is 11.5. The first kappa shape index (κ1) is 15.1. The Bertz CT molecular complexity index is 608. The Kier molecular flexibility index (Phi) is 4.67. The normalized spacial score (nSPS) is 22.3. The van der Waals surface area contributed by atoms with Crippen molar-refractivity contribution in [3.8, 4) is 0 Å². The van der Waals surface area contributed by atoms with Crippen LogP contribution in [-0.2, 0) is 4.79 Å². The molecule has 2 fully saturated rings. The summed E-state index contributed by atoms with van der Waals surface area (Å²) in [5, 5.41) is 0.653. The lowest BCUT2D eigenvalue weighted by atomic mass is 9.94. The van der Waals surface area contributed by atoms with Crippen LogP contribution in [0.2, 0.25) is 5.02 Å². The minimum Gasteiger partial charge on any atom is -0.290 e. The molecule has 0 aromatic heterocycles. The summed E-state index contributed by atoms with van der Waals surface area (Å²) >= 11 is 13.0. The third-order valence-electron chi connectivity index (χ3n) is 3.96. The van der Waals surface area contributed by atoms with E-state index in [1.165, 1.54) is 31.0 Å². The Morgan fingerprint density at radius 1 is 1.24 bits per heavy atom. The monoisotopic (exact) mass is 337 g/mol. The van der Waals surface area contributed by atoms with Gasteiger partial charge in [-0.3, -0.25) is 9.69 Å². The maximum atomic E-state index is 12.6. The molecule has 2 aliphatic rings. The number of rotatable bonds is 2. The van der Waals surface area contributed by atoms with Gasteiger partial charge in [-0.25, -0.2) is 0 Å². The first-order valence-corrected chi connectivity index (χ1v) is 8.78. The van der Waals surface area contributed by atoms with E-state index in [9.17, 15) is 4.79 Å². The maximum absolute atomic E-state index is 12.6. The number of carbonyl (C=O) groups is 1. The van der Waals surface area contributed by atoms with E-state index in [0.717, 1.165) is 18.4 Å². The topological polar surface area (TPSA) is 20.3 Å². The third-order valence-corrected chi connectivity index (χ3v) is 5.63. The van der Waals surface area contributed by atoms with Crippen LogP contribution in [0.5, 0.6) is 0 Å². The molecule has 3 rings (SSSR count). The molecule has 0 radical (unpaired) electrons. The largest absolute Gasteiger partial charge is 0.290 e. The Balaban J connectivity index is 1.84. The molecule has 0 bridgehead atoms. The summed E-state index contributed by atoms with van der Waals surface area (Å²) in [6.45, 7) is 0. The van der Waals surface area contributed by atoms with Crippen molar-refractivity contribution in [2.45, 2.75) is 38.1 Å². The van der Waals surface area contributed by atoms with Crippen molar-refractivity contribution in [1.29, 1.82) is 0 Å². The van der Waals surface area contributed by atoms with Gasteiger partial charge in [0.1, 0.15) is 4.32 Å². The lowest BCUT2D eigenvalue weighted by Crippen LogP contribution is -2.39. The van der Waals surface area contributed by atoms with Crippen molar-refractivity contribution >= 4 is 51.9 Å². The summed E-state index contributed by atoms with van der Waals surface area (Å²) in [6, 6.07) is 7.82. The molecule has 1 aromatic rings. The van der Waals surface area contributed by atoms with Gasteiger partial charge in [0.05, 0.1) is 4.91 Å². The van der Waals surface area contributed by atoms with Gasteiger partial charge in [-0.15, -0.1) is 0 Å². The fourth-order valence-corrected chi connectivity index (χ4v) is 4.45. The third kappa shape index (κ3) is 3.17. The van der Waals surface area contributed by atoms with E-state index >= 15 is 0 Å². The van der Waals surface area contributed by atoms with Gasteiger partial charge < -0.3 is 0 Å². The molecule has 2 nitrogen and oxygen atoms in total. The van der Waals surface area contributed by atoms with Gasteiger partial charge in [0.25, 0.3) is 5.91 Å². The van der Waals surface area contributed by atoms with Crippen molar-refractivity contribution < 1.29 is 4.79 Å². The number of thiocarbonyl (C=S) groups is 1. The first-order chi connectivity index (χ1) is 10.2. The molecule has 1 aliphatic carbocycles. The van der Waals surface area contributed by atoms with E-state index in [1.54, 1.807) is 0 Å². The molecular weight excluding hydrogens is 322 g/mol. The SMILES string of the molecule is O=C1/C(=C/c2ccccc2Cl)SC(=S)N1C1CCCCC1. The standard InChI is InChI=1S/C16H16ClNOS2/c17-13-9-5-4-6-11(13)10-14-15(19)18(16(20)21-14)12-7-2-1-3-8-12/h4-6,9-10,12H,1-3,7-8H2/b14-10-. The Morgan fingerprint density at radius 2 is 1.95 bits per heavy atom. The van der Waals surface area contributed by atoms with E-state index in [0.29, 0.717) is 14.2 Å². The van der Waals surface area contributed by atoms with Gasteiger partial charge in [-0.2, -0.15) is 0 Å². The van der Waals surface area contributed by atoms with Crippen LogP contribution >= 0.6 is 35.6 Å². The van der Waals surface area contributed by atoms with Crippen LogP contribution in [0.15, 0.2) is 29.2 Å². The summed E-state index contributed by atoms with van der Waals surface area (Å²) in [5.41, 5.74) is 0.864. The highest BCUT2D eigenvalue weighted by Gasteiger charge is 2.37. The predicted molar refractivity (Wildman–Crippen MR) is 93.3 cm³/mol. The highest BCUT2D eigenvalue weighted by molar-refractivity contribution is 8.26. The number of benzene rings is 1. The molecule has 1 aromatic carbocycles. The highest BCUT2D eigenvalue weighted by atomic mass is 35.5. The van der Waals surface area contributed by atoms with Gasteiger partial charge in [0, 0.05) is 11.1 Å². The van der Waals surface area contributed by atoms with Crippen LogP contribution in [0.25, 0.3) is 6.08 Å². The number of halogens is 1. The summed E-state index contributed by atoms with van der Waals surface area (Å²) in [6.07, 6.45) is 7.61. The van der Waals surface area contributed by atoms with Gasteiger partial charge in [-0.1, -0.05) is 73.0 Å². The lowest BCUT2D eigenvalue weighted by molar-refractivity contribution is -0.124. The number of hydrogen-bond donors (Lipinski definition) is 0. The van der Waals surface area contributed by atoms with Gasteiger partial charge in [0.15, 0.2) is 0 Å². The minimum absolute atomic E-state index is 0.0387. The number of carbonyl (C=O) groups excluding carboxylic acids is 1. The van der Waals surface area contributed by atoms with Crippen LogP contribution < -0.4 is 0 Å². The Hall–Kier alpha value is -0.840. The van der Waals surface area contributed by atoms with Gasteiger partial charge in [-0.05, 0) is 30.5 Å². The van der Waals surface area contributed by atoms with E-state index in [1.807, 2.05) is 35.2 Å². The fourth-order valence-electron chi connectivity index (χ4n) is 2.87. The van der Waals surface area contributed by atoms with E-state index in [-0.39, 0.29) is 11.9 Å². The average molecular weight is 338 g/mol. The maximum Gasteiger partial charge on any atom is 0.266 e. The van der Waals surface area contributed by atoms with Crippen LogP contribution in [0.3, 0.4) is 0 Å². The molecule has 0 atom stereocenters. The Labute approximate surface area is 139 Å². The number of hydrogen-bond acceptors (Lipinski definition) is 3. The van der Waals surface area contributed by atoms with Crippen molar-refractivity contribution in [3.05, 3.63) is 39.8 Å². The molecule has 1 aliphatic heterocycles. The van der Waals surface area contributed by atoms with E-state index in [4.69, 9.17) is 23.8 Å². The number of amides is 1. The second-order valence-electron chi connectivity index (χ2n) is 5.37. The van der Waals surface area contributed by atoms with E-state index < -0.39 is 0 Å². The molecule has 1 amide bonds. The summed E-state index contributed by atoms with van der Waals surface area (Å²) in [5.74, 6) is 0.0387. The van der Waals surface area contributed by atoms with Crippen molar-refractivity contribution in [2.75, 3.05) is 0 Å². The van der Waals surface area contributed by atoms with Crippen molar-refractivity contribution in [1.82, 2.24) is 4.90 Å². The molecule has 5 heteroatoms. The molecule has 21 heavy (non-hydrogen) atoms. The minimum atomic E-state index is 0.0387. The zero-order valence-corrected chi connectivity index (χ0v) is 13.9. The van der Waals surface area contributed by atoms with Gasteiger partial charge in [0.2, 0.25) is 0 Å². The summed E-state index contributed by atoms with van der Waals surface area (Å²) in [4.78, 5) is 15.1. The summed E-state index contributed by atoms with van der Waals surface area (Å²) in [7, 11) is 0. The molecular formula is C16H16ClNOS2. The molecule has 0 N–H and O–H groups in total. The molecule has 0 spiro atoms. The Morgan fingerprint density at radius 3 is 2.67 bits per heavy atom. The molecule has 1 saturated heterocycles. The predicted octanol–water partition coefficient (Wildman–Crippen LogP) is 4.87. The van der Waals surface area contributed by atoms with Gasteiger partial charge >= 0.3 is 0 Å². The van der Waals surface area contributed by atoms with Crippen LogP contribution in [0.1, 0.15) is 37.7 Å². The number of nitrogens with zero attached hydrogens (tertiary/aromatic N) is 1. The second-order valence-corrected chi connectivity index (χ2v) is 7.45. The number of thioether (sulfide) groups is 1. The quantitative estimate of drug-likeness (QED) is 0.567. The fraction of sp³-hybridized carbons (Fsp3) is 0.375. The van der Waals surface area contributed by atoms with Crippen LogP contribution in [0.4, 0.5) is 0 Å². The molecule has 1 saturated carbocycles. The molecule has 1 heterocycles. The zero-order chi connectivity index (χ0) is 14.8. The lowest BCUT2D eigenvalue weighted by Gasteiger charge is -2.29.